The highest BCUT2D eigenvalue weighted by Gasteiger charge is 2.22. The molecule has 2 aromatic carbocycles. The topological polar surface area (TPSA) is 53.7 Å². The minimum Gasteiger partial charge on any atom is -0.508 e. The van der Waals surface area contributed by atoms with E-state index in [2.05, 4.69) is 33.0 Å². The Morgan fingerprint density at radius 3 is 2.71 bits per heavy atom. The van der Waals surface area contributed by atoms with Crippen LogP contribution in [0.25, 0.3) is 11.0 Å². The number of rotatable bonds is 2. The lowest BCUT2D eigenvalue weighted by atomic mass is 9.97. The van der Waals surface area contributed by atoms with E-state index in [9.17, 15) is 9.90 Å². The van der Waals surface area contributed by atoms with Crippen LogP contribution in [0.2, 0.25) is 0 Å². The normalized spacial score (nSPS) is 14.7. The Bertz CT molecular complexity index is 963. The van der Waals surface area contributed by atoms with Crippen LogP contribution in [0.3, 0.4) is 0 Å². The molecule has 0 amide bonds. The molecule has 0 unspecified atom stereocenters. The van der Waals surface area contributed by atoms with E-state index < -0.39 is 0 Å². The van der Waals surface area contributed by atoms with E-state index in [1.165, 1.54) is 11.6 Å². The third-order valence-electron chi connectivity index (χ3n) is 4.48. The predicted molar refractivity (Wildman–Crippen MR) is 96.1 cm³/mol. The first-order valence-corrected chi connectivity index (χ1v) is 8.64. The second kappa shape index (κ2) is 6.07. The van der Waals surface area contributed by atoms with E-state index >= 15 is 0 Å². The maximum atomic E-state index is 12.4. The van der Waals surface area contributed by atoms with Gasteiger partial charge in [-0.05, 0) is 41.8 Å². The van der Waals surface area contributed by atoms with Crippen LogP contribution in [-0.4, -0.2) is 16.6 Å². The van der Waals surface area contributed by atoms with Gasteiger partial charge in [-0.1, -0.05) is 28.1 Å². The molecule has 0 fully saturated rings. The molecule has 1 aliphatic rings. The summed E-state index contributed by atoms with van der Waals surface area (Å²) in [5.41, 5.74) is 3.16. The molecule has 0 atom stereocenters. The third-order valence-corrected chi connectivity index (χ3v) is 5.01. The lowest BCUT2D eigenvalue weighted by molar-refractivity contribution is 0.241. The van der Waals surface area contributed by atoms with Crippen LogP contribution in [0.15, 0.2) is 56.1 Å². The smallest absolute Gasteiger partial charge is 0.341 e. The van der Waals surface area contributed by atoms with Crippen molar-refractivity contribution >= 4 is 26.9 Å². The highest BCUT2D eigenvalue weighted by atomic mass is 79.9. The summed E-state index contributed by atoms with van der Waals surface area (Å²) in [5, 5.41) is 10.5. The van der Waals surface area contributed by atoms with Crippen molar-refractivity contribution in [2.45, 2.75) is 19.5 Å². The van der Waals surface area contributed by atoms with Gasteiger partial charge in [-0.2, -0.15) is 0 Å². The first kappa shape index (κ1) is 15.4. The lowest BCUT2D eigenvalue weighted by Gasteiger charge is -2.28. The standard InChI is InChI=1S/C19H16BrNO3/c20-13-3-1-12(2-4-13)10-21-8-7-15-16-6-5-14(22)9-18(16)24-19(23)17(15)11-21/h1-6,9,22H,7-8,10-11H2. The molecule has 0 spiro atoms. The van der Waals surface area contributed by atoms with Gasteiger partial charge in [-0.3, -0.25) is 4.90 Å². The summed E-state index contributed by atoms with van der Waals surface area (Å²) in [5.74, 6) is 0.110. The van der Waals surface area contributed by atoms with E-state index in [1.807, 2.05) is 18.2 Å². The van der Waals surface area contributed by atoms with Crippen LogP contribution >= 0.6 is 15.9 Å². The maximum absolute atomic E-state index is 12.4. The number of halogens is 1. The monoisotopic (exact) mass is 385 g/mol. The predicted octanol–water partition coefficient (Wildman–Crippen LogP) is 3.82. The molecule has 0 saturated heterocycles. The van der Waals surface area contributed by atoms with E-state index in [0.29, 0.717) is 12.1 Å². The SMILES string of the molecule is O=c1oc2cc(O)ccc2c2c1CN(Cc1ccc(Br)cc1)CC2. The fourth-order valence-electron chi connectivity index (χ4n) is 3.29. The quantitative estimate of drug-likeness (QED) is 0.681. The number of hydrogen-bond acceptors (Lipinski definition) is 4. The molecule has 4 nitrogen and oxygen atoms in total. The van der Waals surface area contributed by atoms with Gasteiger partial charge in [0.15, 0.2) is 0 Å². The maximum Gasteiger partial charge on any atom is 0.341 e. The molecule has 24 heavy (non-hydrogen) atoms. The van der Waals surface area contributed by atoms with Crippen molar-refractivity contribution in [1.82, 2.24) is 4.90 Å². The minimum atomic E-state index is -0.302. The fourth-order valence-corrected chi connectivity index (χ4v) is 3.56. The molecular weight excluding hydrogens is 370 g/mol. The van der Waals surface area contributed by atoms with Crippen molar-refractivity contribution < 1.29 is 9.52 Å². The van der Waals surface area contributed by atoms with Gasteiger partial charge in [0, 0.05) is 35.6 Å². The van der Waals surface area contributed by atoms with E-state index in [4.69, 9.17) is 4.42 Å². The Balaban J connectivity index is 1.66. The van der Waals surface area contributed by atoms with Gasteiger partial charge in [-0.15, -0.1) is 0 Å². The zero-order valence-electron chi connectivity index (χ0n) is 13.0. The van der Waals surface area contributed by atoms with Crippen LogP contribution < -0.4 is 5.63 Å². The number of hydrogen-bond donors (Lipinski definition) is 1. The van der Waals surface area contributed by atoms with E-state index in [-0.39, 0.29) is 11.4 Å². The van der Waals surface area contributed by atoms with Gasteiger partial charge in [0.2, 0.25) is 0 Å². The largest absolute Gasteiger partial charge is 0.508 e. The number of aromatic hydroxyl groups is 1. The number of nitrogens with zero attached hydrogens (tertiary/aromatic N) is 1. The first-order chi connectivity index (χ1) is 11.6. The second-order valence-electron chi connectivity index (χ2n) is 6.11. The Morgan fingerprint density at radius 2 is 1.92 bits per heavy atom. The number of phenolic OH excluding ortho intramolecular Hbond substituents is 1. The van der Waals surface area contributed by atoms with Crippen molar-refractivity contribution in [3.8, 4) is 5.75 Å². The Kier molecular flexibility index (Phi) is 3.90. The van der Waals surface area contributed by atoms with E-state index in [1.54, 1.807) is 6.07 Å². The van der Waals surface area contributed by atoms with Gasteiger partial charge in [0.25, 0.3) is 0 Å². The summed E-state index contributed by atoms with van der Waals surface area (Å²) in [4.78, 5) is 14.6. The molecule has 2 heterocycles. The molecule has 1 N–H and O–H groups in total. The molecule has 3 aromatic rings. The second-order valence-corrected chi connectivity index (χ2v) is 7.03. The Labute approximate surface area is 147 Å². The molecule has 0 bridgehead atoms. The van der Waals surface area contributed by atoms with Gasteiger partial charge in [-0.25, -0.2) is 4.79 Å². The summed E-state index contributed by atoms with van der Waals surface area (Å²) in [6, 6.07) is 13.2. The van der Waals surface area contributed by atoms with Gasteiger partial charge in [0.05, 0.1) is 5.56 Å². The molecule has 0 radical (unpaired) electrons. The van der Waals surface area contributed by atoms with Crippen molar-refractivity contribution in [3.63, 3.8) is 0 Å². The number of benzene rings is 2. The molecular formula is C19H16BrNO3. The Hall–Kier alpha value is -2.11. The third kappa shape index (κ3) is 2.85. The van der Waals surface area contributed by atoms with Crippen LogP contribution in [-0.2, 0) is 19.5 Å². The van der Waals surface area contributed by atoms with E-state index in [0.717, 1.165) is 40.5 Å². The van der Waals surface area contributed by atoms with Crippen LogP contribution in [0.4, 0.5) is 0 Å². The molecule has 122 valence electrons. The molecule has 1 aliphatic heterocycles. The molecule has 1 aromatic heterocycles. The molecule has 0 saturated carbocycles. The highest BCUT2D eigenvalue weighted by molar-refractivity contribution is 9.10. The number of fused-ring (bicyclic) bond motifs is 3. The van der Waals surface area contributed by atoms with Crippen LogP contribution in [0.1, 0.15) is 16.7 Å². The van der Waals surface area contributed by atoms with Gasteiger partial charge >= 0.3 is 5.63 Å². The molecule has 5 heteroatoms. The van der Waals surface area contributed by atoms with Gasteiger partial charge < -0.3 is 9.52 Å². The van der Waals surface area contributed by atoms with Crippen molar-refractivity contribution in [3.05, 3.63) is 74.0 Å². The highest BCUT2D eigenvalue weighted by Crippen LogP contribution is 2.28. The average molecular weight is 386 g/mol. The summed E-state index contributed by atoms with van der Waals surface area (Å²) < 4.78 is 6.47. The first-order valence-electron chi connectivity index (χ1n) is 7.84. The molecule has 0 aliphatic carbocycles. The number of phenols is 1. The average Bonchev–Trinajstić information content (AvgIpc) is 2.57. The zero-order chi connectivity index (χ0) is 16.7. The van der Waals surface area contributed by atoms with Crippen LogP contribution in [0.5, 0.6) is 5.75 Å². The fraction of sp³-hybridized carbons (Fsp3) is 0.211. The summed E-state index contributed by atoms with van der Waals surface area (Å²) >= 11 is 3.44. The minimum absolute atomic E-state index is 0.110. The van der Waals surface area contributed by atoms with Gasteiger partial charge in [0.1, 0.15) is 11.3 Å². The summed E-state index contributed by atoms with van der Waals surface area (Å²) in [6.45, 7) is 2.28. The summed E-state index contributed by atoms with van der Waals surface area (Å²) in [6.07, 6.45) is 0.804. The van der Waals surface area contributed by atoms with Crippen molar-refractivity contribution in [2.75, 3.05) is 6.54 Å². The lowest BCUT2D eigenvalue weighted by Crippen LogP contribution is -2.33. The Morgan fingerprint density at radius 1 is 1.12 bits per heavy atom. The zero-order valence-corrected chi connectivity index (χ0v) is 14.5. The summed E-state index contributed by atoms with van der Waals surface area (Å²) in [7, 11) is 0. The van der Waals surface area contributed by atoms with Crippen molar-refractivity contribution in [1.29, 1.82) is 0 Å². The molecule has 4 rings (SSSR count). The van der Waals surface area contributed by atoms with Crippen LogP contribution in [0, 0.1) is 0 Å². The van der Waals surface area contributed by atoms with Crippen molar-refractivity contribution in [2.24, 2.45) is 0 Å².